The van der Waals surface area contributed by atoms with Crippen LogP contribution in [0.2, 0.25) is 0 Å². The molecule has 1 aromatic heterocycles. The summed E-state index contributed by atoms with van der Waals surface area (Å²) in [5.41, 5.74) is 2.04. The van der Waals surface area contributed by atoms with Crippen LogP contribution in [-0.4, -0.2) is 41.8 Å². The molecule has 8 heteroatoms. The van der Waals surface area contributed by atoms with Crippen LogP contribution in [0.1, 0.15) is 17.5 Å². The number of rotatable bonds is 5. The van der Waals surface area contributed by atoms with Crippen molar-refractivity contribution < 1.29 is 13.2 Å². The van der Waals surface area contributed by atoms with Crippen molar-refractivity contribution in [2.24, 2.45) is 0 Å². The third-order valence-electron chi connectivity index (χ3n) is 3.89. The second kappa shape index (κ2) is 7.04. The van der Waals surface area contributed by atoms with E-state index >= 15 is 0 Å². The summed E-state index contributed by atoms with van der Waals surface area (Å²) in [6.45, 7) is 1.02. The Bertz CT molecular complexity index is 802. The van der Waals surface area contributed by atoms with Crippen molar-refractivity contribution >= 4 is 15.9 Å². The molecular formula is C16H20N4O3S. The van der Waals surface area contributed by atoms with Gasteiger partial charge < -0.3 is 10.6 Å². The molecule has 1 aliphatic rings. The first-order chi connectivity index (χ1) is 11.5. The number of urea groups is 1. The van der Waals surface area contributed by atoms with E-state index in [1.165, 1.54) is 0 Å². The van der Waals surface area contributed by atoms with E-state index in [0.717, 1.165) is 11.1 Å². The van der Waals surface area contributed by atoms with Gasteiger partial charge in [0.2, 0.25) is 0 Å². The van der Waals surface area contributed by atoms with Gasteiger partial charge >= 0.3 is 6.03 Å². The molecule has 3 rings (SSSR count). The highest BCUT2D eigenvalue weighted by atomic mass is 32.2. The van der Waals surface area contributed by atoms with E-state index in [1.54, 1.807) is 6.20 Å². The number of aromatic nitrogens is 2. The van der Waals surface area contributed by atoms with Crippen LogP contribution in [-0.2, 0) is 22.9 Å². The molecule has 7 nitrogen and oxygen atoms in total. The number of hydrogen-bond acceptors (Lipinski definition) is 4. The fraction of sp³-hybridized carbons (Fsp3) is 0.375. The number of carbonyl (C=O) groups excluding carboxylic acids is 1. The number of sulfone groups is 1. The van der Waals surface area contributed by atoms with E-state index in [1.807, 2.05) is 41.2 Å². The van der Waals surface area contributed by atoms with E-state index in [2.05, 4.69) is 15.7 Å². The molecule has 0 saturated carbocycles. The van der Waals surface area contributed by atoms with Crippen LogP contribution in [0.3, 0.4) is 0 Å². The van der Waals surface area contributed by atoms with Gasteiger partial charge in [0, 0.05) is 24.3 Å². The van der Waals surface area contributed by atoms with Crippen molar-refractivity contribution in [1.29, 1.82) is 0 Å². The molecule has 24 heavy (non-hydrogen) atoms. The van der Waals surface area contributed by atoms with Crippen LogP contribution in [0, 0.1) is 0 Å². The SMILES string of the molecule is O=C(NCc1cnn(Cc2ccccc2)c1)N[C@H]1CCS(=O)(=O)C1. The lowest BCUT2D eigenvalue weighted by atomic mass is 10.2. The Kier molecular flexibility index (Phi) is 4.84. The summed E-state index contributed by atoms with van der Waals surface area (Å²) < 4.78 is 24.6. The van der Waals surface area contributed by atoms with Gasteiger partial charge in [-0.1, -0.05) is 30.3 Å². The molecule has 2 amide bonds. The molecule has 0 bridgehead atoms. The van der Waals surface area contributed by atoms with Gasteiger partial charge in [0.1, 0.15) is 0 Å². The third kappa shape index (κ3) is 4.58. The maximum Gasteiger partial charge on any atom is 0.315 e. The molecule has 2 N–H and O–H groups in total. The van der Waals surface area contributed by atoms with E-state index in [4.69, 9.17) is 0 Å². The molecule has 128 valence electrons. The van der Waals surface area contributed by atoms with Crippen molar-refractivity contribution in [3.8, 4) is 0 Å². The first-order valence-corrected chi connectivity index (χ1v) is 9.62. The molecule has 2 aromatic rings. The summed E-state index contributed by atoms with van der Waals surface area (Å²) in [5, 5.41) is 9.70. The number of nitrogens with one attached hydrogen (secondary N) is 2. The minimum Gasteiger partial charge on any atom is -0.334 e. The van der Waals surface area contributed by atoms with Gasteiger partial charge in [-0.3, -0.25) is 4.68 Å². The first-order valence-electron chi connectivity index (χ1n) is 7.80. The lowest BCUT2D eigenvalue weighted by Gasteiger charge is -2.11. The zero-order valence-electron chi connectivity index (χ0n) is 13.2. The normalized spacial score (nSPS) is 19.1. The van der Waals surface area contributed by atoms with Crippen LogP contribution < -0.4 is 10.6 Å². The molecular weight excluding hydrogens is 328 g/mol. The van der Waals surface area contributed by atoms with E-state index < -0.39 is 9.84 Å². The fourth-order valence-electron chi connectivity index (χ4n) is 2.68. The van der Waals surface area contributed by atoms with Gasteiger partial charge in [-0.2, -0.15) is 5.10 Å². The minimum atomic E-state index is -2.99. The molecule has 1 aliphatic heterocycles. The van der Waals surface area contributed by atoms with Gasteiger partial charge in [0.15, 0.2) is 9.84 Å². The number of nitrogens with zero attached hydrogens (tertiary/aromatic N) is 2. The third-order valence-corrected chi connectivity index (χ3v) is 5.66. The van der Waals surface area contributed by atoms with Crippen molar-refractivity contribution in [3.63, 3.8) is 0 Å². The van der Waals surface area contributed by atoms with Crippen LogP contribution >= 0.6 is 0 Å². The van der Waals surface area contributed by atoms with Gasteiger partial charge in [0.05, 0.1) is 24.2 Å². The second-order valence-electron chi connectivity index (χ2n) is 5.96. The Morgan fingerprint density at radius 2 is 2.04 bits per heavy atom. The van der Waals surface area contributed by atoms with E-state index in [9.17, 15) is 13.2 Å². The topological polar surface area (TPSA) is 93.1 Å². The summed E-state index contributed by atoms with van der Waals surface area (Å²) in [6.07, 6.45) is 4.07. The molecule has 1 fully saturated rings. The predicted molar refractivity (Wildman–Crippen MR) is 90.2 cm³/mol. The maximum absolute atomic E-state index is 11.8. The molecule has 0 unspecified atom stereocenters. The average Bonchev–Trinajstić information content (AvgIpc) is 3.12. The Morgan fingerprint density at radius 1 is 1.25 bits per heavy atom. The highest BCUT2D eigenvalue weighted by molar-refractivity contribution is 7.91. The summed E-state index contributed by atoms with van der Waals surface area (Å²) in [5.74, 6) is 0.166. The molecule has 1 aromatic carbocycles. The summed E-state index contributed by atoms with van der Waals surface area (Å²) >= 11 is 0. The summed E-state index contributed by atoms with van der Waals surface area (Å²) in [7, 11) is -2.99. The van der Waals surface area contributed by atoms with Crippen LogP contribution in [0.4, 0.5) is 4.79 Å². The van der Waals surface area contributed by atoms with Gasteiger partial charge in [0.25, 0.3) is 0 Å². The molecule has 1 saturated heterocycles. The quantitative estimate of drug-likeness (QED) is 0.840. The van der Waals surface area contributed by atoms with Crippen molar-refractivity contribution in [1.82, 2.24) is 20.4 Å². The van der Waals surface area contributed by atoms with Crippen LogP contribution in [0.25, 0.3) is 0 Å². The Morgan fingerprint density at radius 3 is 2.75 bits per heavy atom. The molecule has 1 atom stereocenters. The number of amides is 2. The zero-order valence-corrected chi connectivity index (χ0v) is 14.0. The minimum absolute atomic E-state index is 0.0232. The second-order valence-corrected chi connectivity index (χ2v) is 8.19. The summed E-state index contributed by atoms with van der Waals surface area (Å²) in [6, 6.07) is 9.34. The summed E-state index contributed by atoms with van der Waals surface area (Å²) in [4.78, 5) is 11.8. The van der Waals surface area contributed by atoms with Crippen molar-refractivity contribution in [3.05, 3.63) is 53.9 Å². The predicted octanol–water partition coefficient (Wildman–Crippen LogP) is 0.918. The monoisotopic (exact) mass is 348 g/mol. The number of benzene rings is 1. The number of hydrogen-bond donors (Lipinski definition) is 2. The largest absolute Gasteiger partial charge is 0.334 e. The highest BCUT2D eigenvalue weighted by Gasteiger charge is 2.28. The van der Waals surface area contributed by atoms with Crippen molar-refractivity contribution in [2.45, 2.75) is 25.6 Å². The Hall–Kier alpha value is -2.35. The lowest BCUT2D eigenvalue weighted by Crippen LogP contribution is -2.42. The zero-order chi connectivity index (χ0) is 17.0. The average molecular weight is 348 g/mol. The van der Waals surface area contributed by atoms with Crippen molar-refractivity contribution in [2.75, 3.05) is 11.5 Å². The molecule has 0 spiro atoms. The lowest BCUT2D eigenvalue weighted by molar-refractivity contribution is 0.237. The maximum atomic E-state index is 11.8. The van der Waals surface area contributed by atoms with Gasteiger partial charge in [-0.05, 0) is 12.0 Å². The Balaban J connectivity index is 1.46. The van der Waals surface area contributed by atoms with Gasteiger partial charge in [-0.15, -0.1) is 0 Å². The highest BCUT2D eigenvalue weighted by Crippen LogP contribution is 2.11. The van der Waals surface area contributed by atoms with Gasteiger partial charge in [-0.25, -0.2) is 13.2 Å². The first kappa shape index (κ1) is 16.5. The molecule has 2 heterocycles. The number of carbonyl (C=O) groups is 1. The molecule has 0 radical (unpaired) electrons. The molecule has 0 aliphatic carbocycles. The van der Waals surface area contributed by atoms with E-state index in [-0.39, 0.29) is 23.6 Å². The fourth-order valence-corrected chi connectivity index (χ4v) is 4.36. The van der Waals surface area contributed by atoms with E-state index in [0.29, 0.717) is 19.5 Å². The van der Waals surface area contributed by atoms with Crippen LogP contribution in [0.5, 0.6) is 0 Å². The smallest absolute Gasteiger partial charge is 0.315 e. The standard InChI is InChI=1S/C16H20N4O3S/c21-16(19-15-6-7-24(22,23)12-15)17-8-14-9-18-20(11-14)10-13-4-2-1-3-5-13/h1-5,9,11,15H,6-8,10,12H2,(H2,17,19,21)/t15-/m0/s1. The van der Waals surface area contributed by atoms with Crippen LogP contribution in [0.15, 0.2) is 42.7 Å². The Labute approximate surface area is 141 Å².